The van der Waals surface area contributed by atoms with Gasteiger partial charge in [-0.1, -0.05) is 29.3 Å². The van der Waals surface area contributed by atoms with Crippen LogP contribution in [0.2, 0.25) is 10.0 Å². The molecule has 17 heteroatoms. The summed E-state index contributed by atoms with van der Waals surface area (Å²) < 4.78 is 80.6. The molecule has 266 valence electrons. The number of rotatable bonds is 8. The third-order valence-corrected chi connectivity index (χ3v) is 10.7. The second-order valence-electron chi connectivity index (χ2n) is 13.4. The Kier molecular flexibility index (Phi) is 9.19. The van der Waals surface area contributed by atoms with E-state index in [1.54, 1.807) is 17.7 Å². The molecule has 3 aliphatic rings. The third-order valence-electron chi connectivity index (χ3n) is 9.93. The summed E-state index contributed by atoms with van der Waals surface area (Å²) in [6.07, 6.45) is -7.95. The Balaban J connectivity index is 1.25. The molecule has 0 bridgehead atoms. The van der Waals surface area contributed by atoms with E-state index in [-0.39, 0.29) is 59.0 Å². The predicted molar refractivity (Wildman–Crippen MR) is 172 cm³/mol. The first kappa shape index (κ1) is 35.4. The molecule has 2 aliphatic carbocycles. The average molecular weight is 736 g/mol. The summed E-state index contributed by atoms with van der Waals surface area (Å²) >= 11 is 13.0. The van der Waals surface area contributed by atoms with Gasteiger partial charge in [-0.05, 0) is 74.6 Å². The number of imidazole rings is 1. The Morgan fingerprint density at radius 3 is 2.29 bits per heavy atom. The summed E-state index contributed by atoms with van der Waals surface area (Å²) in [5.74, 6) is -2.05. The highest BCUT2D eigenvalue weighted by Crippen LogP contribution is 2.47. The van der Waals surface area contributed by atoms with Crippen LogP contribution >= 0.6 is 23.2 Å². The lowest BCUT2D eigenvalue weighted by Crippen LogP contribution is -2.54. The SMILES string of the molecule is Cn1c(Nc2c(Cl)ccc(CNC(=O)[C@@](C)(O)C(F)(F)F)c2Cl)nc2cc(C(=O)N[C@H]3CC[C@H](C(F)(F)F)CC3)c(N3CC4CC4C3)cc21. The molecule has 1 aromatic heterocycles. The van der Waals surface area contributed by atoms with Crippen LogP contribution in [0.15, 0.2) is 24.3 Å². The number of hydrogen-bond acceptors (Lipinski definition) is 6. The zero-order valence-electron chi connectivity index (χ0n) is 26.4. The number of anilines is 3. The lowest BCUT2D eigenvalue weighted by molar-refractivity contribution is -0.245. The Morgan fingerprint density at radius 2 is 1.67 bits per heavy atom. The number of alkyl halides is 6. The second kappa shape index (κ2) is 12.7. The fraction of sp³-hybridized carbons (Fsp3) is 0.531. The molecule has 0 radical (unpaired) electrons. The van der Waals surface area contributed by atoms with Crippen molar-refractivity contribution >= 4 is 63.4 Å². The molecule has 2 saturated carbocycles. The third kappa shape index (κ3) is 6.98. The number of nitrogens with zero attached hydrogens (tertiary/aromatic N) is 3. The van der Waals surface area contributed by atoms with Crippen LogP contribution in [0, 0.1) is 17.8 Å². The van der Waals surface area contributed by atoms with E-state index in [0.29, 0.717) is 41.0 Å². The number of aryl methyl sites for hydroxylation is 1. The molecule has 9 nitrogen and oxygen atoms in total. The number of fused-ring (bicyclic) bond motifs is 2. The molecule has 3 aromatic rings. The van der Waals surface area contributed by atoms with Gasteiger partial charge < -0.3 is 30.5 Å². The molecule has 6 rings (SSSR count). The summed E-state index contributed by atoms with van der Waals surface area (Å²) in [6.45, 7) is 1.46. The lowest BCUT2D eigenvalue weighted by atomic mass is 9.85. The van der Waals surface area contributed by atoms with Crippen LogP contribution in [0.4, 0.5) is 43.7 Å². The molecule has 49 heavy (non-hydrogen) atoms. The topological polar surface area (TPSA) is 112 Å². The van der Waals surface area contributed by atoms with Crippen LogP contribution in [-0.2, 0) is 18.4 Å². The minimum atomic E-state index is -5.19. The summed E-state index contributed by atoms with van der Waals surface area (Å²) in [5, 5.41) is 17.8. The van der Waals surface area contributed by atoms with Gasteiger partial charge in [0.25, 0.3) is 11.8 Å². The number of aromatic nitrogens is 2. The maximum atomic E-state index is 13.7. The van der Waals surface area contributed by atoms with Gasteiger partial charge in [0, 0.05) is 32.7 Å². The van der Waals surface area contributed by atoms with Gasteiger partial charge >= 0.3 is 12.4 Å². The molecule has 2 amide bonds. The molecule has 1 saturated heterocycles. The van der Waals surface area contributed by atoms with Crippen LogP contribution in [-0.4, -0.2) is 63.6 Å². The number of nitrogens with one attached hydrogen (secondary N) is 3. The van der Waals surface area contributed by atoms with Gasteiger partial charge in [-0.15, -0.1) is 0 Å². The molecular weight excluding hydrogens is 701 g/mol. The summed E-state index contributed by atoms with van der Waals surface area (Å²) in [7, 11) is 1.73. The minimum absolute atomic E-state index is 0.0104. The first-order chi connectivity index (χ1) is 22.8. The van der Waals surface area contributed by atoms with E-state index >= 15 is 0 Å². The zero-order valence-corrected chi connectivity index (χ0v) is 27.9. The van der Waals surface area contributed by atoms with E-state index in [9.17, 15) is 41.0 Å². The Labute approximate surface area is 287 Å². The number of halogens is 8. The molecule has 3 atom stereocenters. The number of carbonyl (C=O) groups is 2. The summed E-state index contributed by atoms with van der Waals surface area (Å²) in [5.41, 5.74) is -1.10. The van der Waals surface area contributed by atoms with Crippen LogP contribution in [0.3, 0.4) is 0 Å². The monoisotopic (exact) mass is 734 g/mol. The largest absolute Gasteiger partial charge is 0.426 e. The molecule has 3 fully saturated rings. The van der Waals surface area contributed by atoms with Gasteiger partial charge in [-0.2, -0.15) is 26.3 Å². The van der Waals surface area contributed by atoms with Crippen molar-refractivity contribution in [3.63, 3.8) is 0 Å². The normalized spacial score (nSPS) is 23.6. The molecule has 1 aliphatic heterocycles. The number of benzene rings is 2. The molecule has 2 aromatic carbocycles. The van der Waals surface area contributed by atoms with E-state index in [4.69, 9.17) is 23.2 Å². The predicted octanol–water partition coefficient (Wildman–Crippen LogP) is 6.86. The van der Waals surface area contributed by atoms with Crippen molar-refractivity contribution in [2.75, 3.05) is 23.3 Å². The number of piperidine rings is 1. The highest BCUT2D eigenvalue weighted by Gasteiger charge is 2.55. The van der Waals surface area contributed by atoms with E-state index in [2.05, 4.69) is 20.5 Å². The van der Waals surface area contributed by atoms with Crippen molar-refractivity contribution in [2.24, 2.45) is 24.8 Å². The van der Waals surface area contributed by atoms with Gasteiger partial charge in [0.2, 0.25) is 11.5 Å². The maximum Gasteiger partial charge on any atom is 0.426 e. The fourth-order valence-corrected chi connectivity index (χ4v) is 7.17. The van der Waals surface area contributed by atoms with Crippen molar-refractivity contribution in [2.45, 2.75) is 69.6 Å². The van der Waals surface area contributed by atoms with Crippen LogP contribution in [0.5, 0.6) is 0 Å². The first-order valence-corrected chi connectivity index (χ1v) is 16.5. The van der Waals surface area contributed by atoms with Gasteiger partial charge in [0.05, 0.1) is 43.9 Å². The van der Waals surface area contributed by atoms with Gasteiger partial charge in [-0.25, -0.2) is 4.98 Å². The minimum Gasteiger partial charge on any atom is -0.373 e. The van der Waals surface area contributed by atoms with E-state index in [1.807, 2.05) is 11.4 Å². The van der Waals surface area contributed by atoms with Crippen LogP contribution < -0.4 is 20.9 Å². The molecular formula is C32H34Cl2F6N6O3. The first-order valence-electron chi connectivity index (χ1n) is 15.8. The summed E-state index contributed by atoms with van der Waals surface area (Å²) in [6, 6.07) is 5.97. The van der Waals surface area contributed by atoms with Crippen LogP contribution in [0.1, 0.15) is 54.9 Å². The van der Waals surface area contributed by atoms with Crippen molar-refractivity contribution in [3.05, 3.63) is 45.4 Å². The van der Waals surface area contributed by atoms with E-state index in [1.165, 1.54) is 12.1 Å². The fourth-order valence-electron chi connectivity index (χ4n) is 6.64. The van der Waals surface area contributed by atoms with Gasteiger partial charge in [0.15, 0.2) is 0 Å². The number of aliphatic hydroxyl groups is 1. The average Bonchev–Trinajstić information content (AvgIpc) is 3.51. The highest BCUT2D eigenvalue weighted by atomic mass is 35.5. The standard InChI is InChI=1S/C32H34Cl2F6N6O3/c1-30(49,32(38,39)40)28(48)41-12-15-3-8-21(33)26(25(15)34)44-29-43-22-10-20(27(47)42-19-6-4-18(5-7-19)31(35,36)37)23(11-24(22)45(29)2)46-13-16-9-17(16)14-46/h3,8,10-11,16-19,49H,4-7,9,12-14H2,1-2H3,(H,41,48)(H,42,47)(H,43,44)/t16?,17?,18-,19-,30-/m1/s1. The second-order valence-corrected chi connectivity index (χ2v) is 14.1. The number of amides is 2. The van der Waals surface area contributed by atoms with Gasteiger partial charge in [-0.3, -0.25) is 9.59 Å². The van der Waals surface area contributed by atoms with Crippen molar-refractivity contribution in [1.29, 1.82) is 0 Å². The van der Waals surface area contributed by atoms with E-state index in [0.717, 1.165) is 19.5 Å². The number of carbonyl (C=O) groups excluding carboxylic acids is 2. The maximum absolute atomic E-state index is 13.7. The van der Waals surface area contributed by atoms with Crippen LogP contribution in [0.25, 0.3) is 11.0 Å². The van der Waals surface area contributed by atoms with E-state index < -0.39 is 42.2 Å². The quantitative estimate of drug-likeness (QED) is 0.188. The Hall–Kier alpha value is -3.43. The Morgan fingerprint density at radius 1 is 1.02 bits per heavy atom. The molecule has 0 spiro atoms. The van der Waals surface area contributed by atoms with Crippen molar-refractivity contribution in [3.8, 4) is 0 Å². The smallest absolute Gasteiger partial charge is 0.373 e. The van der Waals surface area contributed by atoms with Crippen molar-refractivity contribution in [1.82, 2.24) is 20.2 Å². The lowest BCUT2D eigenvalue weighted by Gasteiger charge is -2.31. The van der Waals surface area contributed by atoms with Gasteiger partial charge in [0.1, 0.15) is 0 Å². The highest BCUT2D eigenvalue weighted by molar-refractivity contribution is 6.39. The molecule has 2 unspecified atom stereocenters. The molecule has 4 N–H and O–H groups in total. The van der Waals surface area contributed by atoms with Crippen molar-refractivity contribution < 1.29 is 41.0 Å². The number of hydrogen-bond donors (Lipinski definition) is 4. The Bertz CT molecular complexity index is 1780. The molecule has 2 heterocycles. The zero-order chi connectivity index (χ0) is 35.6. The summed E-state index contributed by atoms with van der Waals surface area (Å²) in [4.78, 5) is 32.6.